The van der Waals surface area contributed by atoms with Crippen LogP contribution in [-0.2, 0) is 20.7 Å². The molecular formula is C17H22O3. The number of carbonyl (C=O) groups is 1. The van der Waals surface area contributed by atoms with Gasteiger partial charge in [0, 0.05) is 0 Å². The highest BCUT2D eigenvalue weighted by Gasteiger charge is 2.23. The van der Waals surface area contributed by atoms with Gasteiger partial charge in [-0.25, -0.2) is 0 Å². The molecule has 1 aromatic rings. The van der Waals surface area contributed by atoms with Crippen LogP contribution in [0.4, 0.5) is 0 Å². The van der Waals surface area contributed by atoms with Gasteiger partial charge in [0.05, 0.1) is 25.7 Å². The highest BCUT2D eigenvalue weighted by Crippen LogP contribution is 2.24. The van der Waals surface area contributed by atoms with Crippen molar-refractivity contribution >= 4 is 5.97 Å². The van der Waals surface area contributed by atoms with Crippen LogP contribution in [0.5, 0.6) is 0 Å². The smallest absolute Gasteiger partial charge is 0.308 e. The quantitative estimate of drug-likeness (QED) is 0.610. The number of esters is 1. The number of carbonyl (C=O) groups excluding carboxylic acids is 1. The summed E-state index contributed by atoms with van der Waals surface area (Å²) in [5.41, 5.74) is 2.61. The molecule has 0 radical (unpaired) electrons. The molecule has 3 heteroatoms. The van der Waals surface area contributed by atoms with E-state index in [2.05, 4.69) is 37.3 Å². The van der Waals surface area contributed by atoms with E-state index < -0.39 is 0 Å². The number of rotatable bonds is 5. The zero-order valence-electron chi connectivity index (χ0n) is 12.2. The Bertz CT molecular complexity index is 464. The molecule has 20 heavy (non-hydrogen) atoms. The third kappa shape index (κ3) is 4.49. The van der Waals surface area contributed by atoms with Gasteiger partial charge >= 0.3 is 5.97 Å². The minimum absolute atomic E-state index is 0.0479. The van der Waals surface area contributed by atoms with E-state index in [0.717, 1.165) is 19.3 Å². The molecule has 0 bridgehead atoms. The van der Waals surface area contributed by atoms with Crippen molar-refractivity contribution < 1.29 is 14.3 Å². The van der Waals surface area contributed by atoms with Crippen LogP contribution in [-0.4, -0.2) is 25.3 Å². The van der Waals surface area contributed by atoms with Crippen molar-refractivity contribution in [2.45, 2.75) is 44.8 Å². The van der Waals surface area contributed by atoms with Gasteiger partial charge in [-0.1, -0.05) is 42.0 Å². The molecule has 1 heterocycles. The lowest BCUT2D eigenvalue weighted by Crippen LogP contribution is -2.28. The molecule has 0 amide bonds. The van der Waals surface area contributed by atoms with Crippen molar-refractivity contribution in [3.05, 3.63) is 47.5 Å². The van der Waals surface area contributed by atoms with Crippen LogP contribution in [0.2, 0.25) is 0 Å². The Morgan fingerprint density at radius 2 is 2.10 bits per heavy atom. The van der Waals surface area contributed by atoms with Gasteiger partial charge in [-0.3, -0.25) is 4.79 Å². The van der Waals surface area contributed by atoms with Gasteiger partial charge in [0.1, 0.15) is 0 Å². The first kappa shape index (κ1) is 14.8. The van der Waals surface area contributed by atoms with Crippen LogP contribution in [0.3, 0.4) is 0 Å². The Hall–Kier alpha value is -1.61. The van der Waals surface area contributed by atoms with Crippen molar-refractivity contribution in [3.63, 3.8) is 0 Å². The molecule has 1 aliphatic heterocycles. The lowest BCUT2D eigenvalue weighted by atomic mass is 9.98. The van der Waals surface area contributed by atoms with E-state index in [1.807, 2.05) is 6.07 Å². The van der Waals surface area contributed by atoms with E-state index in [9.17, 15) is 4.79 Å². The number of aryl methyl sites for hydroxylation is 1. The summed E-state index contributed by atoms with van der Waals surface area (Å²) in [7, 11) is 1.42. The molecule has 0 aliphatic carbocycles. The molecule has 0 spiro atoms. The van der Waals surface area contributed by atoms with Crippen LogP contribution >= 0.6 is 0 Å². The predicted octanol–water partition coefficient (Wildman–Crippen LogP) is 3.29. The molecule has 3 nitrogen and oxygen atoms in total. The highest BCUT2D eigenvalue weighted by molar-refractivity contribution is 5.69. The maximum Gasteiger partial charge on any atom is 0.308 e. The van der Waals surface area contributed by atoms with E-state index >= 15 is 0 Å². The second kappa shape index (κ2) is 7.25. The predicted molar refractivity (Wildman–Crippen MR) is 78.4 cm³/mol. The number of methoxy groups -OCH3 is 1. The SMILES string of the molecule is COC(=O)C[C@H]1CC(C)=C[C@@H](CCc2ccccc2)O1. The molecule has 0 saturated heterocycles. The first-order chi connectivity index (χ1) is 9.67. The summed E-state index contributed by atoms with van der Waals surface area (Å²) >= 11 is 0. The lowest BCUT2D eigenvalue weighted by molar-refractivity contribution is -0.144. The minimum atomic E-state index is -0.202. The highest BCUT2D eigenvalue weighted by atomic mass is 16.5. The molecule has 108 valence electrons. The lowest BCUT2D eigenvalue weighted by Gasteiger charge is -2.28. The molecule has 2 rings (SSSR count). The normalized spacial score (nSPS) is 22.2. The van der Waals surface area contributed by atoms with Crippen LogP contribution in [0, 0.1) is 0 Å². The summed E-state index contributed by atoms with van der Waals surface area (Å²) < 4.78 is 10.7. The molecule has 1 aromatic carbocycles. The van der Waals surface area contributed by atoms with Crippen molar-refractivity contribution in [1.29, 1.82) is 0 Å². The molecule has 0 N–H and O–H groups in total. The average molecular weight is 274 g/mol. The zero-order chi connectivity index (χ0) is 14.4. The molecule has 0 aromatic heterocycles. The van der Waals surface area contributed by atoms with Gasteiger partial charge in [-0.15, -0.1) is 0 Å². The van der Waals surface area contributed by atoms with Crippen molar-refractivity contribution in [2.75, 3.05) is 7.11 Å². The van der Waals surface area contributed by atoms with E-state index in [-0.39, 0.29) is 18.2 Å². The molecular weight excluding hydrogens is 252 g/mol. The Kier molecular flexibility index (Phi) is 5.36. The Morgan fingerprint density at radius 1 is 1.35 bits per heavy atom. The number of hydrogen-bond acceptors (Lipinski definition) is 3. The first-order valence-electron chi connectivity index (χ1n) is 7.11. The molecule has 0 fully saturated rings. The van der Waals surface area contributed by atoms with Gasteiger partial charge < -0.3 is 9.47 Å². The second-order valence-electron chi connectivity index (χ2n) is 5.32. The summed E-state index contributed by atoms with van der Waals surface area (Å²) in [4.78, 5) is 11.4. The summed E-state index contributed by atoms with van der Waals surface area (Å²) in [6.07, 6.45) is 5.31. The Morgan fingerprint density at radius 3 is 2.80 bits per heavy atom. The average Bonchev–Trinajstić information content (AvgIpc) is 2.45. The Labute approximate surface area is 120 Å². The standard InChI is InChI=1S/C17H22O3/c1-13-10-15(9-8-14-6-4-3-5-7-14)20-16(11-13)12-17(18)19-2/h3-7,10,15-16H,8-9,11-12H2,1-2H3/t15-,16-/m1/s1. The fourth-order valence-electron chi connectivity index (χ4n) is 2.57. The fraction of sp³-hybridized carbons (Fsp3) is 0.471. The monoisotopic (exact) mass is 274 g/mol. The minimum Gasteiger partial charge on any atom is -0.469 e. The topological polar surface area (TPSA) is 35.5 Å². The summed E-state index contributed by atoms with van der Waals surface area (Å²) in [6.45, 7) is 2.10. The van der Waals surface area contributed by atoms with Gasteiger partial charge in [0.25, 0.3) is 0 Å². The van der Waals surface area contributed by atoms with Gasteiger partial charge in [-0.2, -0.15) is 0 Å². The van der Waals surface area contributed by atoms with Gasteiger partial charge in [-0.05, 0) is 31.7 Å². The first-order valence-corrected chi connectivity index (χ1v) is 7.11. The zero-order valence-corrected chi connectivity index (χ0v) is 12.2. The molecule has 2 atom stereocenters. The van der Waals surface area contributed by atoms with E-state index in [0.29, 0.717) is 6.42 Å². The Balaban J connectivity index is 1.88. The summed E-state index contributed by atoms with van der Waals surface area (Å²) in [5, 5.41) is 0. The third-order valence-corrected chi connectivity index (χ3v) is 3.57. The summed E-state index contributed by atoms with van der Waals surface area (Å²) in [6, 6.07) is 10.4. The van der Waals surface area contributed by atoms with E-state index in [1.165, 1.54) is 18.2 Å². The second-order valence-corrected chi connectivity index (χ2v) is 5.32. The van der Waals surface area contributed by atoms with Crippen LogP contribution < -0.4 is 0 Å². The van der Waals surface area contributed by atoms with Crippen molar-refractivity contribution in [1.82, 2.24) is 0 Å². The summed E-state index contributed by atoms with van der Waals surface area (Å²) in [5.74, 6) is -0.202. The van der Waals surface area contributed by atoms with Crippen molar-refractivity contribution in [3.8, 4) is 0 Å². The number of hydrogen-bond donors (Lipinski definition) is 0. The molecule has 0 unspecified atom stereocenters. The number of ether oxygens (including phenoxy) is 2. The van der Waals surface area contributed by atoms with E-state index in [1.54, 1.807) is 0 Å². The molecule has 1 aliphatic rings. The van der Waals surface area contributed by atoms with Crippen LogP contribution in [0.15, 0.2) is 42.0 Å². The van der Waals surface area contributed by atoms with Gasteiger partial charge in [0.2, 0.25) is 0 Å². The largest absolute Gasteiger partial charge is 0.469 e. The van der Waals surface area contributed by atoms with Crippen LogP contribution in [0.1, 0.15) is 31.7 Å². The van der Waals surface area contributed by atoms with E-state index in [4.69, 9.17) is 9.47 Å². The maximum absolute atomic E-state index is 11.4. The molecule has 0 saturated carbocycles. The third-order valence-electron chi connectivity index (χ3n) is 3.57. The van der Waals surface area contributed by atoms with Gasteiger partial charge in [0.15, 0.2) is 0 Å². The van der Waals surface area contributed by atoms with Crippen LogP contribution in [0.25, 0.3) is 0 Å². The fourth-order valence-corrected chi connectivity index (χ4v) is 2.57. The maximum atomic E-state index is 11.4. The van der Waals surface area contributed by atoms with Crippen molar-refractivity contribution in [2.24, 2.45) is 0 Å². The number of benzene rings is 1.